The van der Waals surface area contributed by atoms with Crippen LogP contribution in [0.15, 0.2) is 18.2 Å². The zero-order valence-electron chi connectivity index (χ0n) is 9.83. The highest BCUT2D eigenvalue weighted by atomic mass is 16.5. The van der Waals surface area contributed by atoms with E-state index in [2.05, 4.69) is 23.5 Å². The number of ether oxygens (including phenoxy) is 1. The number of fused-ring (bicyclic) bond motifs is 1. The molecule has 0 bridgehead atoms. The Labute approximate surface area is 97.0 Å². The molecular formula is C14H19NO. The third-order valence-electron chi connectivity index (χ3n) is 4.09. The molecule has 86 valence electrons. The second kappa shape index (κ2) is 4.00. The van der Waals surface area contributed by atoms with Crippen molar-refractivity contribution in [3.63, 3.8) is 0 Å². The highest BCUT2D eigenvalue weighted by molar-refractivity contribution is 5.62. The number of nitrogens with one attached hydrogen (secondary N) is 1. The van der Waals surface area contributed by atoms with Gasteiger partial charge in [-0.15, -0.1) is 0 Å². The Morgan fingerprint density at radius 2 is 2.06 bits per heavy atom. The van der Waals surface area contributed by atoms with E-state index in [1.165, 1.54) is 36.9 Å². The minimum Gasteiger partial charge on any atom is -0.496 e. The standard InChI is InChI=1S/C14H19NO/c1-16-14-8-4-7-12-11(14)9-13(15-12)10-5-2-3-6-10/h4,7-8,10,13,15H,2-3,5-6,9H2,1H3. The summed E-state index contributed by atoms with van der Waals surface area (Å²) in [7, 11) is 1.76. The molecule has 0 spiro atoms. The van der Waals surface area contributed by atoms with Crippen LogP contribution in [-0.2, 0) is 6.42 Å². The van der Waals surface area contributed by atoms with Gasteiger partial charge in [-0.1, -0.05) is 18.9 Å². The predicted octanol–water partition coefficient (Wildman–Crippen LogP) is 3.22. The molecule has 1 aliphatic heterocycles. The molecule has 0 saturated heterocycles. The summed E-state index contributed by atoms with van der Waals surface area (Å²) in [5, 5.41) is 3.67. The average Bonchev–Trinajstić information content (AvgIpc) is 2.96. The van der Waals surface area contributed by atoms with Crippen molar-refractivity contribution in [1.82, 2.24) is 0 Å². The summed E-state index contributed by atoms with van der Waals surface area (Å²) in [5.41, 5.74) is 2.66. The molecule has 1 aliphatic carbocycles. The van der Waals surface area contributed by atoms with Crippen LogP contribution in [0.4, 0.5) is 5.69 Å². The van der Waals surface area contributed by atoms with E-state index >= 15 is 0 Å². The predicted molar refractivity (Wildman–Crippen MR) is 66.1 cm³/mol. The first-order valence-corrected chi connectivity index (χ1v) is 6.31. The Balaban J connectivity index is 1.82. The molecule has 0 aromatic heterocycles. The molecule has 1 saturated carbocycles. The van der Waals surface area contributed by atoms with Crippen molar-refractivity contribution in [3.8, 4) is 5.75 Å². The minimum absolute atomic E-state index is 0.647. The second-order valence-electron chi connectivity index (χ2n) is 4.99. The lowest BCUT2D eigenvalue weighted by atomic mass is 9.95. The molecule has 1 aromatic carbocycles. The third-order valence-corrected chi connectivity index (χ3v) is 4.09. The van der Waals surface area contributed by atoms with Crippen LogP contribution < -0.4 is 10.1 Å². The first kappa shape index (κ1) is 10.0. The number of rotatable bonds is 2. The Hall–Kier alpha value is -1.18. The molecule has 1 unspecified atom stereocenters. The van der Waals surface area contributed by atoms with Crippen molar-refractivity contribution >= 4 is 5.69 Å². The van der Waals surface area contributed by atoms with Gasteiger partial charge in [0.05, 0.1) is 7.11 Å². The van der Waals surface area contributed by atoms with Gasteiger partial charge in [0, 0.05) is 17.3 Å². The number of benzene rings is 1. The zero-order chi connectivity index (χ0) is 11.0. The topological polar surface area (TPSA) is 21.3 Å². The summed E-state index contributed by atoms with van der Waals surface area (Å²) in [6.45, 7) is 0. The fraction of sp³-hybridized carbons (Fsp3) is 0.571. The fourth-order valence-electron chi connectivity index (χ4n) is 3.22. The molecule has 1 N–H and O–H groups in total. The largest absolute Gasteiger partial charge is 0.496 e. The summed E-state index contributed by atoms with van der Waals surface area (Å²) in [6.07, 6.45) is 6.76. The maximum atomic E-state index is 5.43. The van der Waals surface area contributed by atoms with Crippen LogP contribution in [0.25, 0.3) is 0 Å². The lowest BCUT2D eigenvalue weighted by molar-refractivity contribution is 0.406. The molecule has 16 heavy (non-hydrogen) atoms. The smallest absolute Gasteiger partial charge is 0.124 e. The van der Waals surface area contributed by atoms with E-state index in [0.29, 0.717) is 6.04 Å². The second-order valence-corrected chi connectivity index (χ2v) is 4.99. The lowest BCUT2D eigenvalue weighted by Gasteiger charge is -2.18. The number of hydrogen-bond acceptors (Lipinski definition) is 2. The summed E-state index contributed by atoms with van der Waals surface area (Å²) in [6, 6.07) is 6.96. The average molecular weight is 217 g/mol. The lowest BCUT2D eigenvalue weighted by Crippen LogP contribution is -2.24. The molecule has 3 rings (SSSR count). The van der Waals surface area contributed by atoms with Crippen LogP contribution in [-0.4, -0.2) is 13.2 Å². The van der Waals surface area contributed by atoms with Crippen molar-refractivity contribution < 1.29 is 4.74 Å². The maximum absolute atomic E-state index is 5.43. The highest BCUT2D eigenvalue weighted by Crippen LogP contribution is 2.39. The van der Waals surface area contributed by atoms with Crippen LogP contribution in [0, 0.1) is 5.92 Å². The van der Waals surface area contributed by atoms with Gasteiger partial charge in [0.25, 0.3) is 0 Å². The van der Waals surface area contributed by atoms with Gasteiger partial charge in [-0.05, 0) is 37.3 Å². The molecule has 0 radical (unpaired) electrons. The highest BCUT2D eigenvalue weighted by Gasteiger charge is 2.31. The van der Waals surface area contributed by atoms with E-state index in [1.807, 2.05) is 0 Å². The molecule has 2 nitrogen and oxygen atoms in total. The van der Waals surface area contributed by atoms with Crippen molar-refractivity contribution in [3.05, 3.63) is 23.8 Å². The van der Waals surface area contributed by atoms with Crippen molar-refractivity contribution in [2.45, 2.75) is 38.1 Å². The van der Waals surface area contributed by atoms with Crippen LogP contribution in [0.1, 0.15) is 31.2 Å². The van der Waals surface area contributed by atoms with Gasteiger partial charge < -0.3 is 10.1 Å². The maximum Gasteiger partial charge on any atom is 0.124 e. The summed E-state index contributed by atoms with van der Waals surface area (Å²) < 4.78 is 5.43. The molecule has 2 heteroatoms. The van der Waals surface area contributed by atoms with E-state index < -0.39 is 0 Å². The van der Waals surface area contributed by atoms with E-state index in [4.69, 9.17) is 4.74 Å². The molecule has 1 aromatic rings. The van der Waals surface area contributed by atoms with Gasteiger partial charge in [-0.2, -0.15) is 0 Å². The van der Waals surface area contributed by atoms with Gasteiger partial charge in [-0.25, -0.2) is 0 Å². The van der Waals surface area contributed by atoms with E-state index in [-0.39, 0.29) is 0 Å². The van der Waals surface area contributed by atoms with Gasteiger partial charge >= 0.3 is 0 Å². The Morgan fingerprint density at radius 1 is 1.25 bits per heavy atom. The molecule has 0 amide bonds. The molecule has 1 heterocycles. The Kier molecular flexibility index (Phi) is 2.50. The van der Waals surface area contributed by atoms with Crippen molar-refractivity contribution in [2.24, 2.45) is 5.92 Å². The number of methoxy groups -OCH3 is 1. The monoisotopic (exact) mass is 217 g/mol. The van der Waals surface area contributed by atoms with Gasteiger partial charge in [0.15, 0.2) is 0 Å². The van der Waals surface area contributed by atoms with Crippen LogP contribution in [0.2, 0.25) is 0 Å². The summed E-state index contributed by atoms with van der Waals surface area (Å²) in [5.74, 6) is 1.92. The van der Waals surface area contributed by atoms with Crippen LogP contribution in [0.3, 0.4) is 0 Å². The van der Waals surface area contributed by atoms with Gasteiger partial charge in [0.2, 0.25) is 0 Å². The Morgan fingerprint density at radius 3 is 2.81 bits per heavy atom. The van der Waals surface area contributed by atoms with E-state index in [0.717, 1.165) is 18.1 Å². The summed E-state index contributed by atoms with van der Waals surface area (Å²) in [4.78, 5) is 0. The van der Waals surface area contributed by atoms with Gasteiger partial charge in [0.1, 0.15) is 5.75 Å². The normalized spacial score (nSPS) is 24.2. The summed E-state index contributed by atoms with van der Waals surface area (Å²) >= 11 is 0. The van der Waals surface area contributed by atoms with E-state index in [9.17, 15) is 0 Å². The molecular weight excluding hydrogens is 198 g/mol. The molecule has 2 aliphatic rings. The molecule has 1 fully saturated rings. The van der Waals surface area contributed by atoms with E-state index in [1.54, 1.807) is 7.11 Å². The van der Waals surface area contributed by atoms with Crippen molar-refractivity contribution in [2.75, 3.05) is 12.4 Å². The van der Waals surface area contributed by atoms with Crippen molar-refractivity contribution in [1.29, 1.82) is 0 Å². The quantitative estimate of drug-likeness (QED) is 0.821. The fourth-order valence-corrected chi connectivity index (χ4v) is 3.22. The molecule has 1 atom stereocenters. The van der Waals surface area contributed by atoms with Crippen LogP contribution >= 0.6 is 0 Å². The number of hydrogen-bond donors (Lipinski definition) is 1. The van der Waals surface area contributed by atoms with Gasteiger partial charge in [-0.3, -0.25) is 0 Å². The van der Waals surface area contributed by atoms with Crippen LogP contribution in [0.5, 0.6) is 5.75 Å². The zero-order valence-corrected chi connectivity index (χ0v) is 9.83. The SMILES string of the molecule is COc1cccc2c1CC(C1CCCC1)N2. The first-order chi connectivity index (χ1) is 7.88. The minimum atomic E-state index is 0.647. The third kappa shape index (κ3) is 1.57. The Bertz CT molecular complexity index is 382. The number of anilines is 1. The first-order valence-electron chi connectivity index (χ1n) is 6.31.